The average Bonchev–Trinajstić information content (AvgIpc) is 4.16. The number of hydrogen-bond donors (Lipinski definition) is 9. The van der Waals surface area contributed by atoms with Crippen LogP contribution in [0.3, 0.4) is 0 Å². The van der Waals surface area contributed by atoms with Crippen molar-refractivity contribution in [1.29, 1.82) is 0 Å². The van der Waals surface area contributed by atoms with Gasteiger partial charge in [-0.15, -0.1) is 0 Å². The summed E-state index contributed by atoms with van der Waals surface area (Å²) in [6.07, 6.45) is 9.34. The highest BCUT2D eigenvalue weighted by atomic mass is 16.6. The molecule has 0 aromatic carbocycles. The van der Waals surface area contributed by atoms with Gasteiger partial charge in [-0.05, 0) is 53.8 Å². The topological polar surface area (TPSA) is 338 Å². The maximum Gasteiger partial charge on any atom is 0.407 e. The minimum Gasteiger partial charge on any atom is -0.444 e. The van der Waals surface area contributed by atoms with Crippen molar-refractivity contribution >= 4 is 93.9 Å². The second-order valence-electron chi connectivity index (χ2n) is 18.9. The van der Waals surface area contributed by atoms with Gasteiger partial charge >= 0.3 is 6.09 Å². The van der Waals surface area contributed by atoms with Gasteiger partial charge in [0.1, 0.15) is 17.2 Å². The first-order chi connectivity index (χ1) is 35.9. The molecule has 0 aliphatic rings. The minimum absolute atomic E-state index is 0.0345. The quantitative estimate of drug-likeness (QED) is 0.0360. The predicted octanol–water partition coefficient (Wildman–Crippen LogP) is 2.86. The molecule has 0 unspecified atom stereocenters. The monoisotopic (exact) mass is 1060 g/mol. The molecule has 28 heteroatoms. The molecule has 0 aliphatic carbocycles. The van der Waals surface area contributed by atoms with Crippen molar-refractivity contribution in [2.75, 3.05) is 70.4 Å². The van der Waals surface area contributed by atoms with Crippen molar-refractivity contribution in [1.82, 2.24) is 53.3 Å². The Bertz CT molecular complexity index is 2900. The summed E-state index contributed by atoms with van der Waals surface area (Å²) in [6, 6.07) is 3.08. The Morgan fingerprint density at radius 2 is 0.987 bits per heavy atom. The molecular weight excluding hydrogens is 989 g/mol. The van der Waals surface area contributed by atoms with Crippen molar-refractivity contribution in [2.45, 2.75) is 77.7 Å². The Morgan fingerprint density at radius 1 is 0.526 bits per heavy atom. The highest BCUT2D eigenvalue weighted by Crippen LogP contribution is 2.21. The van der Waals surface area contributed by atoms with Crippen LogP contribution in [0.1, 0.15) is 93.4 Å². The van der Waals surface area contributed by atoms with Crippen molar-refractivity contribution in [2.24, 2.45) is 35.2 Å². The fraction of sp³-hybridized carbons (Fsp3) is 0.458. The number of amides is 9. The van der Waals surface area contributed by atoms with Crippen LogP contribution in [-0.2, 0) is 68.7 Å². The van der Waals surface area contributed by atoms with Crippen molar-refractivity contribution in [3.05, 3.63) is 61.0 Å². The number of anilines is 7. The number of carbonyl (C=O) groups is 9. The summed E-state index contributed by atoms with van der Waals surface area (Å²) >= 11 is 0. The Labute approximate surface area is 438 Å². The largest absolute Gasteiger partial charge is 0.444 e. The SMILES string of the molecule is CN(CCCNC(=O)CCC(=O)Nc1nc(NC(=O)CCC(=O)Nc2cc(NC(=O)c3nc(NC(=O)CCC(=O)Nc4cc(NC(=O)c5nccn5C)cn4C)cn3C)cn2C)cn1C)CCCNC(=O)OC(C)(C)C. The number of ether oxygens (including phenoxy) is 1. The first kappa shape index (κ1) is 58.1. The van der Waals surface area contributed by atoms with Crippen molar-refractivity contribution in [3.8, 4) is 0 Å². The third kappa shape index (κ3) is 18.9. The third-order valence-electron chi connectivity index (χ3n) is 11.0. The van der Waals surface area contributed by atoms with Gasteiger partial charge in [-0.2, -0.15) is 4.98 Å². The molecule has 0 radical (unpaired) electrons. The lowest BCUT2D eigenvalue weighted by molar-refractivity contribution is -0.124. The number of alkyl carbamates (subject to hydrolysis) is 1. The highest BCUT2D eigenvalue weighted by Gasteiger charge is 2.21. The van der Waals surface area contributed by atoms with Gasteiger partial charge < -0.3 is 75.0 Å². The van der Waals surface area contributed by atoms with E-state index in [0.29, 0.717) is 42.5 Å². The van der Waals surface area contributed by atoms with Crippen LogP contribution in [0.5, 0.6) is 0 Å². The van der Waals surface area contributed by atoms with Crippen LogP contribution in [0.2, 0.25) is 0 Å². The molecule has 0 fully saturated rings. The van der Waals surface area contributed by atoms with Crippen LogP contribution in [0.4, 0.5) is 45.4 Å². The summed E-state index contributed by atoms with van der Waals surface area (Å²) in [7, 11) is 10.1. The van der Waals surface area contributed by atoms with Crippen LogP contribution in [-0.4, -0.2) is 135 Å². The third-order valence-corrected chi connectivity index (χ3v) is 11.0. The molecule has 28 nitrogen and oxygen atoms in total. The molecule has 5 rings (SSSR count). The molecule has 0 aliphatic heterocycles. The second kappa shape index (κ2) is 26.9. The average molecular weight is 1060 g/mol. The molecule has 9 amide bonds. The number of carbonyl (C=O) groups excluding carboxylic acids is 9. The zero-order valence-corrected chi connectivity index (χ0v) is 44.2. The number of aromatic nitrogens is 8. The maximum absolute atomic E-state index is 13.2. The number of imidazole rings is 3. The summed E-state index contributed by atoms with van der Waals surface area (Å²) in [5.74, 6) is -2.48. The van der Waals surface area contributed by atoms with Crippen LogP contribution >= 0.6 is 0 Å². The van der Waals surface area contributed by atoms with Crippen LogP contribution in [0.25, 0.3) is 0 Å². The smallest absolute Gasteiger partial charge is 0.407 e. The van der Waals surface area contributed by atoms with Gasteiger partial charge in [-0.3, -0.25) is 43.7 Å². The maximum atomic E-state index is 13.2. The van der Waals surface area contributed by atoms with Crippen LogP contribution < -0.4 is 47.9 Å². The predicted molar refractivity (Wildman–Crippen MR) is 281 cm³/mol. The number of nitrogens with zero attached hydrogens (tertiary/aromatic N) is 9. The molecular formula is C48H68N18O10. The number of aryl methyl sites for hydroxylation is 5. The Morgan fingerprint density at radius 3 is 1.50 bits per heavy atom. The van der Waals surface area contributed by atoms with E-state index in [2.05, 4.69) is 67.7 Å². The molecule has 0 bridgehead atoms. The molecule has 410 valence electrons. The van der Waals surface area contributed by atoms with E-state index in [4.69, 9.17) is 4.74 Å². The standard InChI is InChI=1S/C48H68N18O10/c1-48(2,3)76-47(75)51-19-11-22-61(4)21-10-18-49-36(67)12-13-41(72)60-46-57-33(29-66(46)9)55-38(69)15-17-40(71)59-35-25-31(27-64(35)7)53-45(74)43-56-32(28-65(43)8)54-37(68)14-16-39(70)58-34-24-30(26-63(34)6)52-44(73)42-50-20-23-62(42)5/h20,23-29H,10-19,21-22H2,1-9H3,(H,49,67)(H,51,75)(H,52,73)(H,53,74)(H,54,68)(H,55,69)(H,58,70)(H,59,71)(H,57,60,72). The van der Waals surface area contributed by atoms with E-state index in [1.54, 1.807) is 94.4 Å². The van der Waals surface area contributed by atoms with Gasteiger partial charge in [0, 0.05) is 136 Å². The molecule has 76 heavy (non-hydrogen) atoms. The van der Waals surface area contributed by atoms with Gasteiger partial charge in [0.25, 0.3) is 11.8 Å². The van der Waals surface area contributed by atoms with E-state index in [-0.39, 0.29) is 73.7 Å². The van der Waals surface area contributed by atoms with Gasteiger partial charge in [0.05, 0.1) is 11.4 Å². The molecule has 5 aromatic heterocycles. The van der Waals surface area contributed by atoms with Crippen LogP contribution in [0.15, 0.2) is 49.3 Å². The fourth-order valence-electron chi connectivity index (χ4n) is 7.17. The van der Waals surface area contributed by atoms with Crippen molar-refractivity contribution < 1.29 is 47.9 Å². The first-order valence-electron chi connectivity index (χ1n) is 24.3. The van der Waals surface area contributed by atoms with E-state index >= 15 is 0 Å². The van der Waals surface area contributed by atoms with Crippen LogP contribution in [0, 0.1) is 0 Å². The molecule has 0 spiro atoms. The summed E-state index contributed by atoms with van der Waals surface area (Å²) < 4.78 is 12.9. The normalized spacial score (nSPS) is 11.1. The Hall–Kier alpha value is -8.82. The molecule has 9 N–H and O–H groups in total. The molecule has 5 heterocycles. The Balaban J connectivity index is 0.954. The van der Waals surface area contributed by atoms with Gasteiger partial charge in [0.15, 0.2) is 17.5 Å². The first-order valence-corrected chi connectivity index (χ1v) is 24.3. The zero-order chi connectivity index (χ0) is 55.7. The van der Waals surface area contributed by atoms with E-state index in [0.717, 1.165) is 19.5 Å². The van der Waals surface area contributed by atoms with E-state index in [1.807, 2.05) is 7.05 Å². The molecule has 0 saturated heterocycles. The lowest BCUT2D eigenvalue weighted by Crippen LogP contribution is -2.34. The van der Waals surface area contributed by atoms with Crippen molar-refractivity contribution in [3.63, 3.8) is 0 Å². The van der Waals surface area contributed by atoms with E-state index in [1.165, 1.54) is 33.8 Å². The fourth-order valence-corrected chi connectivity index (χ4v) is 7.17. The van der Waals surface area contributed by atoms with E-state index < -0.39 is 53.0 Å². The van der Waals surface area contributed by atoms with Gasteiger partial charge in [-0.1, -0.05) is 0 Å². The molecule has 0 saturated carbocycles. The summed E-state index contributed by atoms with van der Waals surface area (Å²) in [5, 5.41) is 24.2. The molecule has 5 aromatic rings. The Kier molecular flexibility index (Phi) is 20.6. The summed E-state index contributed by atoms with van der Waals surface area (Å²) in [6.45, 7) is 7.81. The number of nitrogens with one attached hydrogen (secondary N) is 9. The minimum atomic E-state index is -0.618. The second-order valence-corrected chi connectivity index (χ2v) is 18.9. The summed E-state index contributed by atoms with van der Waals surface area (Å²) in [4.78, 5) is 128. The zero-order valence-electron chi connectivity index (χ0n) is 44.2. The lowest BCUT2D eigenvalue weighted by Gasteiger charge is -2.20. The number of hydrogen-bond acceptors (Lipinski definition) is 14. The van der Waals surface area contributed by atoms with E-state index in [9.17, 15) is 43.2 Å². The summed E-state index contributed by atoms with van der Waals surface area (Å²) in [5.41, 5.74) is 0.200. The molecule has 0 atom stereocenters. The lowest BCUT2D eigenvalue weighted by atomic mass is 10.2. The number of rotatable bonds is 26. The highest BCUT2D eigenvalue weighted by molar-refractivity contribution is 6.04. The van der Waals surface area contributed by atoms with Gasteiger partial charge in [-0.25, -0.2) is 14.8 Å². The van der Waals surface area contributed by atoms with Gasteiger partial charge in [0.2, 0.25) is 47.2 Å².